The first-order chi connectivity index (χ1) is 10.3. The van der Waals surface area contributed by atoms with Crippen molar-refractivity contribution in [3.8, 4) is 0 Å². The van der Waals surface area contributed by atoms with Crippen molar-refractivity contribution in [3.63, 3.8) is 0 Å². The standard InChI is InChI=1S/C13H20O9/c1-6(14)19-10-9(5-18-4)22-13(17)12(21-8(3)16)11(10)20-7(2)15/h9-13,17H,5H2,1-4H3. The van der Waals surface area contributed by atoms with E-state index < -0.39 is 48.6 Å². The second kappa shape index (κ2) is 8.06. The lowest BCUT2D eigenvalue weighted by atomic mass is 9.98. The lowest BCUT2D eigenvalue weighted by Crippen LogP contribution is -2.62. The number of ether oxygens (including phenoxy) is 5. The second-order valence-electron chi connectivity index (χ2n) is 4.74. The van der Waals surface area contributed by atoms with Gasteiger partial charge in [-0.15, -0.1) is 0 Å². The van der Waals surface area contributed by atoms with Crippen molar-refractivity contribution in [2.75, 3.05) is 13.7 Å². The van der Waals surface area contributed by atoms with E-state index in [1.807, 2.05) is 0 Å². The topological polar surface area (TPSA) is 118 Å². The number of rotatable bonds is 5. The number of esters is 3. The molecular weight excluding hydrogens is 300 g/mol. The molecule has 0 spiro atoms. The molecule has 1 N–H and O–H groups in total. The maximum atomic E-state index is 11.3. The van der Waals surface area contributed by atoms with Crippen LogP contribution in [0.5, 0.6) is 0 Å². The van der Waals surface area contributed by atoms with Crippen molar-refractivity contribution < 1.29 is 43.2 Å². The van der Waals surface area contributed by atoms with E-state index in [0.29, 0.717) is 0 Å². The molecule has 126 valence electrons. The van der Waals surface area contributed by atoms with Gasteiger partial charge in [0, 0.05) is 27.9 Å². The molecular formula is C13H20O9. The Labute approximate surface area is 127 Å². The summed E-state index contributed by atoms with van der Waals surface area (Å²) in [6.45, 7) is 3.41. The highest BCUT2D eigenvalue weighted by atomic mass is 16.7. The highest BCUT2D eigenvalue weighted by Crippen LogP contribution is 2.27. The van der Waals surface area contributed by atoms with Gasteiger partial charge in [-0.05, 0) is 0 Å². The molecule has 1 aliphatic rings. The highest BCUT2D eigenvalue weighted by molar-refractivity contribution is 5.68. The number of methoxy groups -OCH3 is 1. The fourth-order valence-electron chi connectivity index (χ4n) is 2.17. The first-order valence-corrected chi connectivity index (χ1v) is 6.60. The van der Waals surface area contributed by atoms with E-state index in [-0.39, 0.29) is 6.61 Å². The predicted octanol–water partition coefficient (Wildman–Crippen LogP) is -0.855. The third kappa shape index (κ3) is 4.93. The average Bonchev–Trinajstić information content (AvgIpc) is 2.37. The minimum Gasteiger partial charge on any atom is -0.456 e. The van der Waals surface area contributed by atoms with E-state index in [1.54, 1.807) is 0 Å². The first-order valence-electron chi connectivity index (χ1n) is 6.60. The van der Waals surface area contributed by atoms with Gasteiger partial charge in [0.05, 0.1) is 6.61 Å². The molecule has 0 bridgehead atoms. The van der Waals surface area contributed by atoms with Gasteiger partial charge in [-0.1, -0.05) is 0 Å². The number of hydrogen-bond donors (Lipinski definition) is 1. The average molecular weight is 320 g/mol. The Hall–Kier alpha value is -1.71. The number of carbonyl (C=O) groups is 3. The summed E-state index contributed by atoms with van der Waals surface area (Å²) in [5, 5.41) is 9.96. The molecule has 0 aromatic heterocycles. The number of aliphatic hydroxyl groups is 1. The Morgan fingerprint density at radius 3 is 1.82 bits per heavy atom. The highest BCUT2D eigenvalue weighted by Gasteiger charge is 2.51. The summed E-state index contributed by atoms with van der Waals surface area (Å²) in [4.78, 5) is 33.7. The fraction of sp³-hybridized carbons (Fsp3) is 0.769. The van der Waals surface area contributed by atoms with Crippen LogP contribution in [0.4, 0.5) is 0 Å². The number of aliphatic hydroxyl groups excluding tert-OH is 1. The molecule has 0 aliphatic carbocycles. The van der Waals surface area contributed by atoms with Crippen LogP contribution in [0.15, 0.2) is 0 Å². The van der Waals surface area contributed by atoms with Crippen molar-refractivity contribution in [2.24, 2.45) is 0 Å². The number of hydrogen-bond acceptors (Lipinski definition) is 9. The minimum atomic E-state index is -1.56. The summed E-state index contributed by atoms with van der Waals surface area (Å²) in [6.07, 6.45) is -6.07. The van der Waals surface area contributed by atoms with Crippen LogP contribution in [0, 0.1) is 0 Å². The SMILES string of the molecule is COCC1OC(O)C(OC(C)=O)C(OC(C)=O)C1OC(C)=O. The van der Waals surface area contributed by atoms with E-state index in [0.717, 1.165) is 13.8 Å². The van der Waals surface area contributed by atoms with Crippen molar-refractivity contribution in [1.29, 1.82) is 0 Å². The Morgan fingerprint density at radius 1 is 0.909 bits per heavy atom. The van der Waals surface area contributed by atoms with Gasteiger partial charge in [-0.2, -0.15) is 0 Å². The lowest BCUT2D eigenvalue weighted by molar-refractivity contribution is -0.296. The Kier molecular flexibility index (Phi) is 6.72. The molecule has 5 atom stereocenters. The molecule has 1 fully saturated rings. The van der Waals surface area contributed by atoms with Gasteiger partial charge in [0.15, 0.2) is 24.6 Å². The van der Waals surface area contributed by atoms with Crippen molar-refractivity contribution in [1.82, 2.24) is 0 Å². The third-order valence-corrected chi connectivity index (χ3v) is 2.85. The molecule has 1 saturated heterocycles. The maximum absolute atomic E-state index is 11.3. The van der Waals surface area contributed by atoms with Crippen molar-refractivity contribution in [3.05, 3.63) is 0 Å². The largest absolute Gasteiger partial charge is 0.456 e. The molecule has 0 amide bonds. The van der Waals surface area contributed by atoms with Crippen LogP contribution in [0.25, 0.3) is 0 Å². The normalized spacial score (nSPS) is 31.2. The van der Waals surface area contributed by atoms with Gasteiger partial charge < -0.3 is 28.8 Å². The van der Waals surface area contributed by atoms with E-state index in [1.165, 1.54) is 14.0 Å². The van der Waals surface area contributed by atoms with Crippen LogP contribution in [0.1, 0.15) is 20.8 Å². The summed E-state index contributed by atoms with van der Waals surface area (Å²) in [7, 11) is 1.39. The van der Waals surface area contributed by atoms with Gasteiger partial charge >= 0.3 is 17.9 Å². The van der Waals surface area contributed by atoms with Crippen LogP contribution in [-0.2, 0) is 38.1 Å². The smallest absolute Gasteiger partial charge is 0.303 e. The van der Waals surface area contributed by atoms with Gasteiger partial charge in [0.1, 0.15) is 6.10 Å². The van der Waals surface area contributed by atoms with Crippen LogP contribution in [-0.4, -0.2) is 67.4 Å². The van der Waals surface area contributed by atoms with Crippen LogP contribution in [0.2, 0.25) is 0 Å². The Balaban J connectivity index is 3.09. The van der Waals surface area contributed by atoms with Crippen molar-refractivity contribution in [2.45, 2.75) is 51.5 Å². The molecule has 1 heterocycles. The summed E-state index contributed by atoms with van der Waals surface area (Å²) >= 11 is 0. The molecule has 0 radical (unpaired) electrons. The van der Waals surface area contributed by atoms with Crippen LogP contribution < -0.4 is 0 Å². The zero-order chi connectivity index (χ0) is 16.9. The molecule has 1 aliphatic heterocycles. The molecule has 0 aromatic rings. The zero-order valence-electron chi connectivity index (χ0n) is 12.8. The molecule has 9 heteroatoms. The molecule has 1 rings (SSSR count). The summed E-state index contributed by atoms with van der Waals surface area (Å²) in [5.74, 6) is -2.05. The maximum Gasteiger partial charge on any atom is 0.303 e. The first kappa shape index (κ1) is 18.3. The summed E-state index contributed by atoms with van der Waals surface area (Å²) in [5.41, 5.74) is 0. The fourth-order valence-corrected chi connectivity index (χ4v) is 2.17. The zero-order valence-corrected chi connectivity index (χ0v) is 12.8. The summed E-state index contributed by atoms with van der Waals surface area (Å²) in [6, 6.07) is 0. The van der Waals surface area contributed by atoms with E-state index in [2.05, 4.69) is 0 Å². The third-order valence-electron chi connectivity index (χ3n) is 2.85. The monoisotopic (exact) mass is 320 g/mol. The van der Waals surface area contributed by atoms with E-state index >= 15 is 0 Å². The molecule has 0 aromatic carbocycles. The predicted molar refractivity (Wildman–Crippen MR) is 69.4 cm³/mol. The lowest BCUT2D eigenvalue weighted by Gasteiger charge is -2.42. The molecule has 22 heavy (non-hydrogen) atoms. The van der Waals surface area contributed by atoms with Gasteiger partial charge in [0.2, 0.25) is 0 Å². The van der Waals surface area contributed by atoms with Gasteiger partial charge in [0.25, 0.3) is 0 Å². The molecule has 9 nitrogen and oxygen atoms in total. The van der Waals surface area contributed by atoms with Crippen LogP contribution in [0.3, 0.4) is 0 Å². The molecule has 5 unspecified atom stereocenters. The van der Waals surface area contributed by atoms with Gasteiger partial charge in [-0.25, -0.2) is 0 Å². The van der Waals surface area contributed by atoms with Gasteiger partial charge in [-0.3, -0.25) is 14.4 Å². The minimum absolute atomic E-state index is 0.0282. The summed E-state index contributed by atoms with van der Waals surface area (Å²) < 4.78 is 25.3. The Bertz CT molecular complexity index is 422. The van der Waals surface area contributed by atoms with Crippen LogP contribution >= 0.6 is 0 Å². The quantitative estimate of drug-likeness (QED) is 0.510. The van der Waals surface area contributed by atoms with Crippen molar-refractivity contribution >= 4 is 17.9 Å². The molecule has 0 saturated carbocycles. The van der Waals surface area contributed by atoms with E-state index in [4.69, 9.17) is 23.7 Å². The van der Waals surface area contributed by atoms with E-state index in [9.17, 15) is 19.5 Å². The number of carbonyl (C=O) groups excluding carboxylic acids is 3. The second-order valence-corrected chi connectivity index (χ2v) is 4.74. The Morgan fingerprint density at radius 2 is 1.36 bits per heavy atom.